The topological polar surface area (TPSA) is 61.9 Å². The standard InChI is InChI=1S/C33H38BrN3O3/c1-40-30-10-6-5-9-27(30)23-31(38)35-29(26-7-3-2-4-8-26)15-19-36-20-16-33(17-21-36)18-22-37(32(33)39)24-25-11-13-28(34)14-12-25/h2-14,29H,15-24H2,1H3,(H,35,38). The third-order valence-electron chi connectivity index (χ3n) is 8.52. The molecule has 0 aliphatic carbocycles. The number of hydrogen-bond acceptors (Lipinski definition) is 4. The van der Waals surface area contributed by atoms with Gasteiger partial charge in [0.1, 0.15) is 5.75 Å². The van der Waals surface area contributed by atoms with E-state index in [0.29, 0.717) is 12.5 Å². The van der Waals surface area contributed by atoms with Crippen LogP contribution in [0, 0.1) is 5.41 Å². The second-order valence-electron chi connectivity index (χ2n) is 11.0. The van der Waals surface area contributed by atoms with Crippen LogP contribution in [0.4, 0.5) is 0 Å². The molecule has 2 aliphatic heterocycles. The molecule has 2 amide bonds. The first-order valence-electron chi connectivity index (χ1n) is 14.2. The zero-order valence-corrected chi connectivity index (χ0v) is 24.7. The minimum absolute atomic E-state index is 0.0154. The maximum atomic E-state index is 13.5. The van der Waals surface area contributed by atoms with Gasteiger partial charge in [-0.25, -0.2) is 0 Å². The monoisotopic (exact) mass is 603 g/mol. The molecule has 5 rings (SSSR count). The van der Waals surface area contributed by atoms with Crippen molar-refractivity contribution < 1.29 is 14.3 Å². The lowest BCUT2D eigenvalue weighted by Gasteiger charge is -2.38. The summed E-state index contributed by atoms with van der Waals surface area (Å²) in [4.78, 5) is 31.0. The number of piperidine rings is 1. The van der Waals surface area contributed by atoms with Gasteiger partial charge in [-0.2, -0.15) is 0 Å². The van der Waals surface area contributed by atoms with Crippen molar-refractivity contribution in [1.29, 1.82) is 0 Å². The molecule has 1 atom stereocenters. The van der Waals surface area contributed by atoms with Gasteiger partial charge in [-0.05, 0) is 68.1 Å². The molecule has 40 heavy (non-hydrogen) atoms. The Morgan fingerprint density at radius 2 is 1.62 bits per heavy atom. The number of methoxy groups -OCH3 is 1. The molecule has 2 fully saturated rings. The average molecular weight is 605 g/mol. The van der Waals surface area contributed by atoms with Gasteiger partial charge in [-0.15, -0.1) is 0 Å². The molecule has 1 spiro atoms. The number of carbonyl (C=O) groups is 2. The van der Waals surface area contributed by atoms with E-state index >= 15 is 0 Å². The molecule has 0 radical (unpaired) electrons. The van der Waals surface area contributed by atoms with Crippen molar-refractivity contribution in [2.24, 2.45) is 5.41 Å². The summed E-state index contributed by atoms with van der Waals surface area (Å²) in [6.07, 6.45) is 3.84. The van der Waals surface area contributed by atoms with E-state index in [-0.39, 0.29) is 23.8 Å². The Morgan fingerprint density at radius 1 is 0.950 bits per heavy atom. The number of carbonyl (C=O) groups excluding carboxylic acids is 2. The molecule has 7 heteroatoms. The van der Waals surface area contributed by atoms with Crippen molar-refractivity contribution in [3.63, 3.8) is 0 Å². The highest BCUT2D eigenvalue weighted by molar-refractivity contribution is 9.10. The highest BCUT2D eigenvalue weighted by Gasteiger charge is 2.47. The minimum Gasteiger partial charge on any atom is -0.496 e. The zero-order chi connectivity index (χ0) is 28.0. The smallest absolute Gasteiger partial charge is 0.229 e. The number of likely N-dealkylation sites (tertiary alicyclic amines) is 2. The van der Waals surface area contributed by atoms with Crippen molar-refractivity contribution in [2.75, 3.05) is 33.3 Å². The summed E-state index contributed by atoms with van der Waals surface area (Å²) in [5, 5.41) is 3.28. The van der Waals surface area contributed by atoms with E-state index in [1.54, 1.807) is 7.11 Å². The number of para-hydroxylation sites is 1. The Morgan fingerprint density at radius 3 is 2.35 bits per heavy atom. The lowest BCUT2D eigenvalue weighted by atomic mass is 9.77. The molecule has 3 aromatic rings. The fraction of sp³-hybridized carbons (Fsp3) is 0.394. The predicted molar refractivity (Wildman–Crippen MR) is 161 cm³/mol. The predicted octanol–water partition coefficient (Wildman–Crippen LogP) is 5.76. The third-order valence-corrected chi connectivity index (χ3v) is 9.04. The number of nitrogens with zero attached hydrogens (tertiary/aromatic N) is 2. The number of nitrogens with one attached hydrogen (secondary N) is 1. The quantitative estimate of drug-likeness (QED) is 0.320. The number of ether oxygens (including phenoxy) is 1. The van der Waals surface area contributed by atoms with E-state index < -0.39 is 0 Å². The number of halogens is 1. The van der Waals surface area contributed by atoms with Crippen LogP contribution in [-0.2, 0) is 22.6 Å². The number of benzene rings is 3. The van der Waals surface area contributed by atoms with Crippen LogP contribution in [0.2, 0.25) is 0 Å². The maximum absolute atomic E-state index is 13.5. The molecule has 3 aromatic carbocycles. The second kappa shape index (κ2) is 13.0. The molecule has 1 unspecified atom stereocenters. The lowest BCUT2D eigenvalue weighted by molar-refractivity contribution is -0.139. The normalized spacial score (nSPS) is 17.6. The molecule has 0 saturated carbocycles. The summed E-state index contributed by atoms with van der Waals surface area (Å²) in [6.45, 7) is 4.22. The molecular weight excluding hydrogens is 566 g/mol. The van der Waals surface area contributed by atoms with Crippen LogP contribution >= 0.6 is 15.9 Å². The van der Waals surface area contributed by atoms with Gasteiger partial charge in [0.25, 0.3) is 0 Å². The zero-order valence-electron chi connectivity index (χ0n) is 23.2. The van der Waals surface area contributed by atoms with Crippen molar-refractivity contribution in [3.05, 3.63) is 100 Å². The molecule has 0 bridgehead atoms. The highest BCUT2D eigenvalue weighted by atomic mass is 79.9. The van der Waals surface area contributed by atoms with Crippen LogP contribution in [-0.4, -0.2) is 54.9 Å². The molecular formula is C33H38BrN3O3. The highest BCUT2D eigenvalue weighted by Crippen LogP contribution is 2.42. The summed E-state index contributed by atoms with van der Waals surface area (Å²) in [7, 11) is 1.63. The first-order valence-corrected chi connectivity index (χ1v) is 15.0. The van der Waals surface area contributed by atoms with E-state index in [4.69, 9.17) is 4.74 Å². The van der Waals surface area contributed by atoms with Crippen LogP contribution < -0.4 is 10.1 Å². The number of rotatable bonds is 10. The molecule has 2 aliphatic rings. The molecule has 2 saturated heterocycles. The van der Waals surface area contributed by atoms with Crippen LogP contribution in [0.1, 0.15) is 48.4 Å². The number of hydrogen-bond donors (Lipinski definition) is 1. The molecule has 210 valence electrons. The number of amides is 2. The van der Waals surface area contributed by atoms with Gasteiger partial charge >= 0.3 is 0 Å². The van der Waals surface area contributed by atoms with E-state index in [1.165, 1.54) is 5.56 Å². The molecule has 0 aromatic heterocycles. The van der Waals surface area contributed by atoms with E-state index in [2.05, 4.69) is 50.4 Å². The van der Waals surface area contributed by atoms with Gasteiger partial charge in [-0.3, -0.25) is 9.59 Å². The van der Waals surface area contributed by atoms with Crippen molar-refractivity contribution >= 4 is 27.7 Å². The van der Waals surface area contributed by atoms with Crippen molar-refractivity contribution in [3.8, 4) is 5.75 Å². The lowest BCUT2D eigenvalue weighted by Crippen LogP contribution is -2.45. The van der Waals surface area contributed by atoms with Gasteiger partial charge in [0.2, 0.25) is 11.8 Å². The Bertz CT molecular complexity index is 1290. The summed E-state index contributed by atoms with van der Waals surface area (Å²) in [6, 6.07) is 26.0. The van der Waals surface area contributed by atoms with Crippen molar-refractivity contribution in [1.82, 2.24) is 15.1 Å². The Labute approximate surface area is 245 Å². The largest absolute Gasteiger partial charge is 0.496 e. The van der Waals surface area contributed by atoms with E-state index in [0.717, 1.165) is 73.2 Å². The van der Waals surface area contributed by atoms with E-state index in [9.17, 15) is 9.59 Å². The third kappa shape index (κ3) is 6.76. The fourth-order valence-corrected chi connectivity index (χ4v) is 6.37. The first kappa shape index (κ1) is 28.4. The van der Waals surface area contributed by atoms with Crippen molar-refractivity contribution in [2.45, 2.75) is 44.7 Å². The second-order valence-corrected chi connectivity index (χ2v) is 11.9. The van der Waals surface area contributed by atoms with Crippen LogP contribution in [0.25, 0.3) is 0 Å². The van der Waals surface area contributed by atoms with Crippen LogP contribution in [0.15, 0.2) is 83.3 Å². The average Bonchev–Trinajstić information content (AvgIpc) is 3.27. The van der Waals surface area contributed by atoms with E-state index in [1.807, 2.05) is 59.5 Å². The van der Waals surface area contributed by atoms with Gasteiger partial charge in [0.05, 0.1) is 25.0 Å². The van der Waals surface area contributed by atoms with Crippen LogP contribution in [0.3, 0.4) is 0 Å². The first-order chi connectivity index (χ1) is 19.5. The minimum atomic E-state index is -0.215. The van der Waals surface area contributed by atoms with Crippen LogP contribution in [0.5, 0.6) is 5.75 Å². The van der Waals surface area contributed by atoms with Gasteiger partial charge < -0.3 is 19.9 Å². The fourth-order valence-electron chi connectivity index (χ4n) is 6.11. The van der Waals surface area contributed by atoms with Gasteiger partial charge in [0.15, 0.2) is 0 Å². The Balaban J connectivity index is 1.15. The molecule has 6 nitrogen and oxygen atoms in total. The van der Waals surface area contributed by atoms with Gasteiger partial charge in [-0.1, -0.05) is 76.6 Å². The Kier molecular flexibility index (Phi) is 9.22. The SMILES string of the molecule is COc1ccccc1CC(=O)NC(CCN1CCC2(CC1)CCN(Cc1ccc(Br)cc1)C2=O)c1ccccc1. The summed E-state index contributed by atoms with van der Waals surface area (Å²) >= 11 is 3.49. The van der Waals surface area contributed by atoms with Gasteiger partial charge in [0, 0.05) is 29.7 Å². The Hall–Kier alpha value is -3.16. The molecule has 1 N–H and O–H groups in total. The molecule has 2 heterocycles. The summed E-state index contributed by atoms with van der Waals surface area (Å²) in [5.74, 6) is 1.03. The summed E-state index contributed by atoms with van der Waals surface area (Å²) < 4.78 is 6.49. The maximum Gasteiger partial charge on any atom is 0.229 e. The summed E-state index contributed by atoms with van der Waals surface area (Å²) in [5.41, 5.74) is 2.95.